The van der Waals surface area contributed by atoms with Crippen molar-refractivity contribution in [1.82, 2.24) is 4.42 Å². The molecule has 80 valence electrons. The van der Waals surface area contributed by atoms with E-state index in [1.165, 1.54) is 12.7 Å². The van der Waals surface area contributed by atoms with Gasteiger partial charge < -0.3 is 4.74 Å². The van der Waals surface area contributed by atoms with Crippen molar-refractivity contribution in [2.45, 2.75) is 13.0 Å². The number of esters is 1. The largest absolute Gasteiger partial charge is 0.465 e. The van der Waals surface area contributed by atoms with Crippen molar-refractivity contribution >= 4 is 17.7 Å². The van der Waals surface area contributed by atoms with E-state index in [1.807, 2.05) is 12.1 Å². The molecule has 1 aromatic carbocycles. The predicted octanol–water partition coefficient (Wildman–Crippen LogP) is 1.99. The quantitative estimate of drug-likeness (QED) is 0.541. The van der Waals surface area contributed by atoms with Crippen LogP contribution in [0.5, 0.6) is 0 Å². The lowest BCUT2D eigenvalue weighted by Gasteiger charge is -2.22. The molecule has 0 aromatic heterocycles. The van der Waals surface area contributed by atoms with Crippen molar-refractivity contribution in [3.8, 4) is 0 Å². The molecular weight excluding hydrogens is 214 g/mol. The van der Waals surface area contributed by atoms with Crippen molar-refractivity contribution in [2.75, 3.05) is 13.7 Å². The topological polar surface area (TPSA) is 29.5 Å². The number of ether oxygens (including phenoxy) is 1. The summed E-state index contributed by atoms with van der Waals surface area (Å²) in [5.41, 5.74) is 2.96. The van der Waals surface area contributed by atoms with Gasteiger partial charge in [0.25, 0.3) is 0 Å². The van der Waals surface area contributed by atoms with Gasteiger partial charge in [0.05, 0.1) is 12.7 Å². The Labute approximate surface area is 93.7 Å². The van der Waals surface area contributed by atoms with Gasteiger partial charge in [-0.1, -0.05) is 6.07 Å². The summed E-state index contributed by atoms with van der Waals surface area (Å²) in [5, 5.41) is 0. The molecule has 1 aliphatic rings. The molecule has 0 saturated heterocycles. The van der Waals surface area contributed by atoms with Gasteiger partial charge in [0.15, 0.2) is 0 Å². The summed E-state index contributed by atoms with van der Waals surface area (Å²) in [6, 6.07) is 5.63. The minimum absolute atomic E-state index is 0.301. The van der Waals surface area contributed by atoms with Crippen LogP contribution in [-0.4, -0.2) is 24.0 Å². The summed E-state index contributed by atoms with van der Waals surface area (Å²) in [6.07, 6.45) is 0.931. The second-order valence-corrected chi connectivity index (χ2v) is 4.05. The first-order valence-corrected chi connectivity index (χ1v) is 5.15. The highest BCUT2D eigenvalue weighted by molar-refractivity contribution is 6.13. The van der Waals surface area contributed by atoms with Crippen LogP contribution in [0.4, 0.5) is 0 Å². The number of hydrogen-bond acceptors (Lipinski definition) is 3. The number of benzene rings is 1. The normalized spacial score (nSPS) is 15.9. The van der Waals surface area contributed by atoms with E-state index in [2.05, 4.69) is 4.74 Å². The molecule has 0 atom stereocenters. The van der Waals surface area contributed by atoms with Gasteiger partial charge in [-0.3, -0.25) is 0 Å². The summed E-state index contributed by atoms with van der Waals surface area (Å²) in [5.74, 6) is -0.301. The Morgan fingerprint density at radius 3 is 3.00 bits per heavy atom. The Kier molecular flexibility index (Phi) is 2.93. The zero-order valence-electron chi connectivity index (χ0n) is 8.50. The van der Waals surface area contributed by atoms with E-state index in [4.69, 9.17) is 11.8 Å². The molecule has 1 aromatic rings. The number of carbonyl (C=O) groups is 1. The van der Waals surface area contributed by atoms with E-state index < -0.39 is 0 Å². The minimum atomic E-state index is -0.301. The highest BCUT2D eigenvalue weighted by Crippen LogP contribution is 2.21. The van der Waals surface area contributed by atoms with Gasteiger partial charge in [-0.15, -0.1) is 0 Å². The van der Waals surface area contributed by atoms with Gasteiger partial charge in [0.2, 0.25) is 0 Å². The first kappa shape index (κ1) is 10.5. The maximum absolute atomic E-state index is 11.3. The zero-order valence-corrected chi connectivity index (χ0v) is 9.25. The van der Waals surface area contributed by atoms with Crippen LogP contribution in [0.1, 0.15) is 21.5 Å². The van der Waals surface area contributed by atoms with E-state index >= 15 is 0 Å². The first-order valence-electron chi connectivity index (χ1n) is 4.81. The fraction of sp³-hybridized carbons (Fsp3) is 0.364. The molecule has 3 nitrogen and oxygen atoms in total. The fourth-order valence-electron chi connectivity index (χ4n) is 1.77. The predicted molar refractivity (Wildman–Crippen MR) is 57.7 cm³/mol. The van der Waals surface area contributed by atoms with Gasteiger partial charge in [-0.05, 0) is 41.5 Å². The van der Waals surface area contributed by atoms with E-state index in [1.54, 1.807) is 10.5 Å². The van der Waals surface area contributed by atoms with E-state index in [-0.39, 0.29) is 5.97 Å². The zero-order chi connectivity index (χ0) is 10.8. The summed E-state index contributed by atoms with van der Waals surface area (Å²) in [7, 11) is 1.38. The van der Waals surface area contributed by atoms with Crippen molar-refractivity contribution in [2.24, 2.45) is 0 Å². The lowest BCUT2D eigenvalue weighted by atomic mass is 9.98. The second kappa shape index (κ2) is 4.21. The molecule has 4 heteroatoms. The molecule has 0 N–H and O–H groups in total. The third-order valence-corrected chi connectivity index (χ3v) is 2.88. The highest BCUT2D eigenvalue weighted by Gasteiger charge is 2.16. The van der Waals surface area contributed by atoms with Crippen LogP contribution < -0.4 is 0 Å². The Bertz CT molecular complexity index is 392. The standard InChI is InChI=1S/C11H12ClNO2/c1-15-11(14)9-3-2-8-4-5-13(12)7-10(8)6-9/h2-3,6H,4-5,7H2,1H3. The van der Waals surface area contributed by atoms with Crippen LogP contribution >= 0.6 is 11.8 Å². The molecule has 0 fully saturated rings. The third-order valence-electron chi connectivity index (χ3n) is 2.59. The molecule has 0 aliphatic carbocycles. The molecule has 0 spiro atoms. The van der Waals surface area contributed by atoms with E-state index in [0.717, 1.165) is 18.5 Å². The molecule has 0 radical (unpaired) electrons. The van der Waals surface area contributed by atoms with Gasteiger partial charge in [0.1, 0.15) is 0 Å². The SMILES string of the molecule is COC(=O)c1ccc2c(c1)CN(Cl)CC2. The Balaban J connectivity index is 2.32. The van der Waals surface area contributed by atoms with Crippen LogP contribution in [0.2, 0.25) is 0 Å². The van der Waals surface area contributed by atoms with Gasteiger partial charge in [-0.25, -0.2) is 9.21 Å². The van der Waals surface area contributed by atoms with E-state index in [0.29, 0.717) is 12.1 Å². The third kappa shape index (κ3) is 2.13. The molecule has 0 bridgehead atoms. The summed E-state index contributed by atoms with van der Waals surface area (Å²) < 4.78 is 6.39. The molecule has 0 unspecified atom stereocenters. The van der Waals surface area contributed by atoms with Crippen LogP contribution in [0, 0.1) is 0 Å². The number of fused-ring (bicyclic) bond motifs is 1. The number of rotatable bonds is 1. The van der Waals surface area contributed by atoms with Gasteiger partial charge in [0, 0.05) is 13.1 Å². The number of hydrogen-bond donors (Lipinski definition) is 0. The Morgan fingerprint density at radius 1 is 1.47 bits per heavy atom. The van der Waals surface area contributed by atoms with Gasteiger partial charge in [-0.2, -0.15) is 0 Å². The monoisotopic (exact) mass is 225 g/mol. The number of methoxy groups -OCH3 is 1. The van der Waals surface area contributed by atoms with Crippen molar-refractivity contribution < 1.29 is 9.53 Å². The Hall–Kier alpha value is -1.06. The van der Waals surface area contributed by atoms with Crippen molar-refractivity contribution in [3.63, 3.8) is 0 Å². The molecule has 1 aliphatic heterocycles. The fourth-order valence-corrected chi connectivity index (χ4v) is 1.98. The van der Waals surface area contributed by atoms with Crippen LogP contribution in [0.15, 0.2) is 18.2 Å². The lowest BCUT2D eigenvalue weighted by molar-refractivity contribution is 0.0600. The number of carbonyl (C=O) groups excluding carboxylic acids is 1. The molecule has 2 rings (SSSR count). The van der Waals surface area contributed by atoms with Crippen molar-refractivity contribution in [3.05, 3.63) is 34.9 Å². The maximum Gasteiger partial charge on any atom is 0.337 e. The average Bonchev–Trinajstić information content (AvgIpc) is 2.27. The number of nitrogens with zero attached hydrogens (tertiary/aromatic N) is 1. The number of halogens is 1. The molecule has 0 amide bonds. The average molecular weight is 226 g/mol. The molecule has 1 heterocycles. The summed E-state index contributed by atoms with van der Waals surface area (Å²) in [4.78, 5) is 11.3. The summed E-state index contributed by atoms with van der Waals surface area (Å²) >= 11 is 5.93. The van der Waals surface area contributed by atoms with Gasteiger partial charge >= 0.3 is 5.97 Å². The van der Waals surface area contributed by atoms with Crippen LogP contribution in [0.3, 0.4) is 0 Å². The van der Waals surface area contributed by atoms with Crippen molar-refractivity contribution in [1.29, 1.82) is 0 Å². The highest BCUT2D eigenvalue weighted by atomic mass is 35.5. The summed E-state index contributed by atoms with van der Waals surface area (Å²) in [6.45, 7) is 1.54. The first-order chi connectivity index (χ1) is 7.20. The molecule has 0 saturated carbocycles. The molecule has 15 heavy (non-hydrogen) atoms. The second-order valence-electron chi connectivity index (χ2n) is 3.57. The molecular formula is C11H12ClNO2. The van der Waals surface area contributed by atoms with E-state index in [9.17, 15) is 4.79 Å². The van der Waals surface area contributed by atoms with Crippen LogP contribution in [-0.2, 0) is 17.7 Å². The Morgan fingerprint density at radius 2 is 2.27 bits per heavy atom. The smallest absolute Gasteiger partial charge is 0.337 e. The van der Waals surface area contributed by atoms with Crippen LogP contribution in [0.25, 0.3) is 0 Å². The lowest BCUT2D eigenvalue weighted by Crippen LogP contribution is -2.22. The maximum atomic E-state index is 11.3. The minimum Gasteiger partial charge on any atom is -0.465 e.